The summed E-state index contributed by atoms with van der Waals surface area (Å²) in [4.78, 5) is 15.0. The Morgan fingerprint density at radius 2 is 2.15 bits per heavy atom. The monoisotopic (exact) mass is 272 g/mol. The number of nitrogens with zero attached hydrogens (tertiary/aromatic N) is 1. The van der Waals surface area contributed by atoms with Gasteiger partial charge in [0.1, 0.15) is 11.3 Å². The van der Waals surface area contributed by atoms with Gasteiger partial charge in [-0.05, 0) is 30.3 Å². The number of oxazole rings is 1. The number of carbonyl (C=O) groups is 1. The van der Waals surface area contributed by atoms with E-state index in [1.807, 2.05) is 18.2 Å². The molecule has 20 heavy (non-hydrogen) atoms. The summed E-state index contributed by atoms with van der Waals surface area (Å²) in [6.45, 7) is 2.19. The van der Waals surface area contributed by atoms with Crippen molar-refractivity contribution in [1.29, 1.82) is 0 Å². The summed E-state index contributed by atoms with van der Waals surface area (Å²) in [7, 11) is 0. The van der Waals surface area contributed by atoms with E-state index >= 15 is 0 Å². The molecule has 0 unspecified atom stereocenters. The van der Waals surface area contributed by atoms with E-state index in [4.69, 9.17) is 13.9 Å². The van der Waals surface area contributed by atoms with E-state index in [1.54, 1.807) is 13.0 Å². The van der Waals surface area contributed by atoms with Gasteiger partial charge in [0.05, 0.1) is 6.54 Å². The summed E-state index contributed by atoms with van der Waals surface area (Å²) >= 11 is 0. The van der Waals surface area contributed by atoms with Crippen LogP contribution in [-0.4, -0.2) is 16.1 Å². The Kier molecular flexibility index (Phi) is 2.90. The highest BCUT2D eigenvalue weighted by molar-refractivity contribution is 5.84. The van der Waals surface area contributed by atoms with E-state index in [1.165, 1.54) is 6.07 Å². The van der Waals surface area contributed by atoms with E-state index in [2.05, 4.69) is 10.3 Å². The highest BCUT2D eigenvalue weighted by atomic mass is 16.4. The van der Waals surface area contributed by atoms with Crippen LogP contribution in [0.4, 0.5) is 5.69 Å². The molecule has 0 saturated heterocycles. The van der Waals surface area contributed by atoms with Crippen molar-refractivity contribution in [2.45, 2.75) is 13.5 Å². The van der Waals surface area contributed by atoms with Crippen molar-refractivity contribution in [3.05, 3.63) is 47.7 Å². The molecule has 0 bridgehead atoms. The molecule has 0 amide bonds. The summed E-state index contributed by atoms with van der Waals surface area (Å²) in [6.07, 6.45) is 0. The first kappa shape index (κ1) is 12.3. The molecule has 0 radical (unpaired) electrons. The minimum Gasteiger partial charge on any atom is -0.475 e. The quantitative estimate of drug-likeness (QED) is 0.758. The minimum atomic E-state index is -1.07. The largest absolute Gasteiger partial charge is 0.475 e. The predicted octanol–water partition coefficient (Wildman–Crippen LogP) is 3.04. The van der Waals surface area contributed by atoms with Crippen LogP contribution in [-0.2, 0) is 6.54 Å². The Labute approximate surface area is 114 Å². The first-order chi connectivity index (χ1) is 9.61. The Morgan fingerprint density at radius 3 is 2.90 bits per heavy atom. The smallest absolute Gasteiger partial charge is 0.371 e. The van der Waals surface area contributed by atoms with Crippen LogP contribution in [0.15, 0.2) is 39.2 Å². The highest BCUT2D eigenvalue weighted by Crippen LogP contribution is 2.20. The van der Waals surface area contributed by atoms with Gasteiger partial charge in [-0.25, -0.2) is 9.78 Å². The summed E-state index contributed by atoms with van der Waals surface area (Å²) in [5.74, 6) is 0.0354. The number of fused-ring (bicyclic) bond motifs is 1. The number of carboxylic acids is 1. The molecule has 6 nitrogen and oxygen atoms in total. The maximum Gasteiger partial charge on any atom is 0.371 e. The zero-order valence-corrected chi connectivity index (χ0v) is 10.7. The first-order valence-electron chi connectivity index (χ1n) is 6.05. The lowest BCUT2D eigenvalue weighted by Gasteiger charge is -2.03. The normalized spacial score (nSPS) is 10.8. The first-order valence-corrected chi connectivity index (χ1v) is 6.05. The number of carboxylic acid groups (broad SMARTS) is 1. The van der Waals surface area contributed by atoms with Gasteiger partial charge in [0, 0.05) is 12.6 Å². The molecule has 102 valence electrons. The number of hydrogen-bond donors (Lipinski definition) is 2. The zero-order valence-electron chi connectivity index (χ0n) is 10.7. The molecule has 0 spiro atoms. The fourth-order valence-electron chi connectivity index (χ4n) is 1.93. The van der Waals surface area contributed by atoms with E-state index in [-0.39, 0.29) is 5.76 Å². The summed E-state index contributed by atoms with van der Waals surface area (Å²) in [6, 6.07) is 8.64. The average Bonchev–Trinajstić information content (AvgIpc) is 3.00. The molecule has 0 aliphatic heterocycles. The summed E-state index contributed by atoms with van der Waals surface area (Å²) in [5, 5.41) is 11.9. The van der Waals surface area contributed by atoms with Crippen LogP contribution in [0.2, 0.25) is 0 Å². The Balaban J connectivity index is 1.73. The molecule has 0 aliphatic rings. The second kappa shape index (κ2) is 4.73. The summed E-state index contributed by atoms with van der Waals surface area (Å²) < 4.78 is 10.6. The SMILES string of the molecule is Cc1nc2cc(NCc3ccc(C(=O)O)o3)ccc2o1. The number of furan rings is 1. The lowest BCUT2D eigenvalue weighted by molar-refractivity contribution is 0.0660. The fraction of sp³-hybridized carbons (Fsp3) is 0.143. The Hall–Kier alpha value is -2.76. The topological polar surface area (TPSA) is 88.5 Å². The third kappa shape index (κ3) is 2.35. The van der Waals surface area contributed by atoms with Crippen LogP contribution in [0.3, 0.4) is 0 Å². The molecule has 3 rings (SSSR count). The van der Waals surface area contributed by atoms with Crippen LogP contribution >= 0.6 is 0 Å². The number of hydrogen-bond acceptors (Lipinski definition) is 5. The van der Waals surface area contributed by atoms with Crippen molar-refractivity contribution in [2.75, 3.05) is 5.32 Å². The second-order valence-electron chi connectivity index (χ2n) is 4.34. The fourth-order valence-corrected chi connectivity index (χ4v) is 1.93. The number of aromatic carboxylic acids is 1. The third-order valence-electron chi connectivity index (χ3n) is 2.83. The van der Waals surface area contributed by atoms with Crippen LogP contribution < -0.4 is 5.32 Å². The van der Waals surface area contributed by atoms with Gasteiger partial charge in [-0.2, -0.15) is 0 Å². The third-order valence-corrected chi connectivity index (χ3v) is 2.83. The van der Waals surface area contributed by atoms with Crippen molar-refractivity contribution < 1.29 is 18.7 Å². The maximum absolute atomic E-state index is 10.7. The van der Waals surface area contributed by atoms with Gasteiger partial charge in [-0.1, -0.05) is 0 Å². The predicted molar refractivity (Wildman–Crippen MR) is 71.7 cm³/mol. The molecule has 0 aliphatic carbocycles. The molecule has 3 aromatic rings. The molecule has 6 heteroatoms. The van der Waals surface area contributed by atoms with E-state index in [0.717, 1.165) is 16.8 Å². The Bertz CT molecular complexity index is 772. The second-order valence-corrected chi connectivity index (χ2v) is 4.34. The van der Waals surface area contributed by atoms with Gasteiger partial charge >= 0.3 is 5.97 Å². The van der Waals surface area contributed by atoms with Gasteiger partial charge in [-0.15, -0.1) is 0 Å². The van der Waals surface area contributed by atoms with E-state index < -0.39 is 5.97 Å². The van der Waals surface area contributed by atoms with Gasteiger partial charge < -0.3 is 19.3 Å². The van der Waals surface area contributed by atoms with E-state index in [0.29, 0.717) is 18.2 Å². The van der Waals surface area contributed by atoms with Gasteiger partial charge in [-0.3, -0.25) is 0 Å². The van der Waals surface area contributed by atoms with Crippen LogP contribution in [0.25, 0.3) is 11.1 Å². The van der Waals surface area contributed by atoms with Crippen molar-refractivity contribution in [2.24, 2.45) is 0 Å². The molecule has 0 atom stereocenters. The average molecular weight is 272 g/mol. The van der Waals surface area contributed by atoms with Crippen molar-refractivity contribution in [1.82, 2.24) is 4.98 Å². The number of anilines is 1. The maximum atomic E-state index is 10.7. The minimum absolute atomic E-state index is 0.0654. The van der Waals surface area contributed by atoms with E-state index in [9.17, 15) is 4.79 Å². The number of benzene rings is 1. The molecule has 0 saturated carbocycles. The van der Waals surface area contributed by atoms with Gasteiger partial charge in [0.25, 0.3) is 0 Å². The number of aromatic nitrogens is 1. The molecule has 2 heterocycles. The Morgan fingerprint density at radius 1 is 1.30 bits per heavy atom. The number of rotatable bonds is 4. The van der Waals surface area contributed by atoms with Crippen molar-refractivity contribution in [3.63, 3.8) is 0 Å². The molecule has 2 N–H and O–H groups in total. The molecule has 0 fully saturated rings. The number of nitrogens with one attached hydrogen (secondary N) is 1. The lowest BCUT2D eigenvalue weighted by atomic mass is 10.3. The standard InChI is InChI=1S/C14H12N2O4/c1-8-16-11-6-9(2-4-12(11)19-8)15-7-10-3-5-13(20-10)14(17)18/h2-6,15H,7H2,1H3,(H,17,18). The van der Waals surface area contributed by atoms with Crippen molar-refractivity contribution >= 4 is 22.8 Å². The van der Waals surface area contributed by atoms with Gasteiger partial charge in [0.15, 0.2) is 11.5 Å². The molecule has 2 aromatic heterocycles. The van der Waals surface area contributed by atoms with Crippen LogP contribution in [0.1, 0.15) is 22.2 Å². The van der Waals surface area contributed by atoms with Crippen LogP contribution in [0.5, 0.6) is 0 Å². The zero-order chi connectivity index (χ0) is 14.1. The highest BCUT2D eigenvalue weighted by Gasteiger charge is 2.09. The lowest BCUT2D eigenvalue weighted by Crippen LogP contribution is -1.98. The van der Waals surface area contributed by atoms with Crippen molar-refractivity contribution in [3.8, 4) is 0 Å². The molecular weight excluding hydrogens is 260 g/mol. The van der Waals surface area contributed by atoms with Crippen LogP contribution in [0, 0.1) is 6.92 Å². The molecule has 1 aromatic carbocycles. The summed E-state index contributed by atoms with van der Waals surface area (Å²) in [5.41, 5.74) is 2.37. The van der Waals surface area contributed by atoms with Gasteiger partial charge in [0.2, 0.25) is 5.76 Å². The number of aryl methyl sites for hydroxylation is 1. The molecular formula is C14H12N2O4.